The summed E-state index contributed by atoms with van der Waals surface area (Å²) in [5.74, 6) is 0.0390. The van der Waals surface area contributed by atoms with Gasteiger partial charge in [0.2, 0.25) is 10.0 Å². The zero-order valence-corrected chi connectivity index (χ0v) is 11.2. The van der Waals surface area contributed by atoms with Crippen LogP contribution in [0.15, 0.2) is 24.3 Å². The van der Waals surface area contributed by atoms with Crippen molar-refractivity contribution in [3.05, 3.63) is 35.4 Å². The maximum absolute atomic E-state index is 12.0. The van der Waals surface area contributed by atoms with E-state index in [1.54, 1.807) is 0 Å². The molecular formula is C13H20N2O2S. The van der Waals surface area contributed by atoms with Gasteiger partial charge in [-0.05, 0) is 24.0 Å². The van der Waals surface area contributed by atoms with Crippen LogP contribution in [-0.4, -0.2) is 14.5 Å². The molecule has 100 valence electrons. The first-order valence-corrected chi connectivity index (χ1v) is 8.02. The first-order chi connectivity index (χ1) is 8.59. The summed E-state index contributed by atoms with van der Waals surface area (Å²) in [5, 5.41) is 0. The Bertz CT molecular complexity index is 493. The first kappa shape index (κ1) is 13.5. The summed E-state index contributed by atoms with van der Waals surface area (Å²) in [6.07, 6.45) is 4.16. The monoisotopic (exact) mass is 268 g/mol. The molecule has 2 rings (SSSR count). The zero-order chi connectivity index (χ0) is 13.0. The average Bonchev–Trinajstić information content (AvgIpc) is 2.80. The molecule has 0 amide bonds. The third-order valence-corrected chi connectivity index (χ3v) is 4.69. The molecule has 0 radical (unpaired) electrons. The fourth-order valence-electron chi connectivity index (χ4n) is 2.41. The molecule has 1 fully saturated rings. The fraction of sp³-hybridized carbons (Fsp3) is 0.538. The van der Waals surface area contributed by atoms with Crippen LogP contribution in [0.25, 0.3) is 0 Å². The topological polar surface area (TPSA) is 72.2 Å². The maximum atomic E-state index is 12.0. The van der Waals surface area contributed by atoms with Crippen molar-refractivity contribution in [1.29, 1.82) is 0 Å². The summed E-state index contributed by atoms with van der Waals surface area (Å²) in [5.41, 5.74) is 7.31. The van der Waals surface area contributed by atoms with Crippen molar-refractivity contribution >= 4 is 10.0 Å². The minimum Gasteiger partial charge on any atom is -0.326 e. The van der Waals surface area contributed by atoms with Crippen molar-refractivity contribution in [2.75, 3.05) is 0 Å². The summed E-state index contributed by atoms with van der Waals surface area (Å²) in [6.45, 7) is 0.434. The Kier molecular flexibility index (Phi) is 4.37. The van der Waals surface area contributed by atoms with Gasteiger partial charge >= 0.3 is 0 Å². The van der Waals surface area contributed by atoms with Crippen molar-refractivity contribution in [2.45, 2.75) is 44.0 Å². The number of rotatable bonds is 5. The SMILES string of the molecule is NCc1cccc(CS(=O)(=O)NC2CCCC2)c1. The summed E-state index contributed by atoms with van der Waals surface area (Å²) in [4.78, 5) is 0. The van der Waals surface area contributed by atoms with Gasteiger partial charge < -0.3 is 5.73 Å². The molecule has 0 bridgehead atoms. The molecule has 0 aromatic heterocycles. The van der Waals surface area contributed by atoms with Crippen molar-refractivity contribution < 1.29 is 8.42 Å². The van der Waals surface area contributed by atoms with Crippen molar-refractivity contribution in [3.8, 4) is 0 Å². The molecule has 4 nitrogen and oxygen atoms in total. The van der Waals surface area contributed by atoms with E-state index < -0.39 is 10.0 Å². The molecule has 0 aliphatic heterocycles. The van der Waals surface area contributed by atoms with E-state index in [0.717, 1.165) is 36.8 Å². The standard InChI is InChI=1S/C13H20N2O2S/c14-9-11-4-3-5-12(8-11)10-18(16,17)15-13-6-1-2-7-13/h3-5,8,13,15H,1-2,6-7,9-10,14H2. The maximum Gasteiger partial charge on any atom is 0.216 e. The summed E-state index contributed by atoms with van der Waals surface area (Å²) in [7, 11) is -3.23. The molecule has 1 aromatic carbocycles. The lowest BCUT2D eigenvalue weighted by molar-refractivity contribution is 0.551. The molecule has 0 saturated heterocycles. The van der Waals surface area contributed by atoms with Gasteiger partial charge in [-0.15, -0.1) is 0 Å². The number of hydrogen-bond acceptors (Lipinski definition) is 3. The summed E-state index contributed by atoms with van der Waals surface area (Å²) in [6, 6.07) is 7.57. The molecule has 5 heteroatoms. The second kappa shape index (κ2) is 5.82. The number of benzene rings is 1. The highest BCUT2D eigenvalue weighted by Gasteiger charge is 2.21. The largest absolute Gasteiger partial charge is 0.326 e. The Labute approximate surface area is 109 Å². The molecule has 0 spiro atoms. The Balaban J connectivity index is 2.02. The third kappa shape index (κ3) is 3.80. The van der Waals surface area contributed by atoms with E-state index in [4.69, 9.17) is 5.73 Å². The van der Waals surface area contributed by atoms with E-state index in [1.165, 1.54) is 0 Å². The van der Waals surface area contributed by atoms with Gasteiger partial charge in [0.15, 0.2) is 0 Å². The number of sulfonamides is 1. The summed E-state index contributed by atoms with van der Waals surface area (Å²) >= 11 is 0. The smallest absolute Gasteiger partial charge is 0.216 e. The number of hydrogen-bond donors (Lipinski definition) is 2. The molecule has 1 aliphatic carbocycles. The molecular weight excluding hydrogens is 248 g/mol. The van der Waals surface area contributed by atoms with Crippen LogP contribution < -0.4 is 10.5 Å². The highest BCUT2D eigenvalue weighted by Crippen LogP contribution is 2.19. The highest BCUT2D eigenvalue weighted by atomic mass is 32.2. The lowest BCUT2D eigenvalue weighted by Crippen LogP contribution is -2.33. The minimum absolute atomic E-state index is 0.0390. The molecule has 0 heterocycles. The second-order valence-corrected chi connectivity index (χ2v) is 6.64. The Morgan fingerprint density at radius 2 is 1.89 bits per heavy atom. The van der Waals surface area contributed by atoms with Crippen LogP contribution in [0.5, 0.6) is 0 Å². The fourth-order valence-corrected chi connectivity index (χ4v) is 3.85. The van der Waals surface area contributed by atoms with Gasteiger partial charge in [-0.25, -0.2) is 13.1 Å². The van der Waals surface area contributed by atoms with E-state index in [9.17, 15) is 8.42 Å². The lowest BCUT2D eigenvalue weighted by atomic mass is 10.1. The van der Waals surface area contributed by atoms with Crippen LogP contribution in [0.2, 0.25) is 0 Å². The van der Waals surface area contributed by atoms with E-state index in [0.29, 0.717) is 6.54 Å². The van der Waals surface area contributed by atoms with Gasteiger partial charge in [0.1, 0.15) is 0 Å². The van der Waals surface area contributed by atoms with Crippen LogP contribution >= 0.6 is 0 Å². The van der Waals surface area contributed by atoms with E-state index >= 15 is 0 Å². The number of nitrogens with one attached hydrogen (secondary N) is 1. The van der Waals surface area contributed by atoms with Crippen LogP contribution in [0.1, 0.15) is 36.8 Å². The Morgan fingerprint density at radius 1 is 1.22 bits per heavy atom. The molecule has 1 aromatic rings. The quantitative estimate of drug-likeness (QED) is 0.850. The van der Waals surface area contributed by atoms with Gasteiger partial charge in [-0.2, -0.15) is 0 Å². The van der Waals surface area contributed by atoms with E-state index in [2.05, 4.69) is 4.72 Å². The molecule has 1 saturated carbocycles. The Morgan fingerprint density at radius 3 is 2.56 bits per heavy atom. The minimum atomic E-state index is -3.23. The van der Waals surface area contributed by atoms with E-state index in [-0.39, 0.29) is 11.8 Å². The molecule has 3 N–H and O–H groups in total. The summed E-state index contributed by atoms with van der Waals surface area (Å²) < 4.78 is 26.8. The normalized spacial score (nSPS) is 17.2. The van der Waals surface area contributed by atoms with Crippen LogP contribution in [-0.2, 0) is 22.3 Å². The number of nitrogens with two attached hydrogens (primary N) is 1. The van der Waals surface area contributed by atoms with Crippen molar-refractivity contribution in [3.63, 3.8) is 0 Å². The van der Waals surface area contributed by atoms with Gasteiger partial charge in [-0.1, -0.05) is 37.1 Å². The predicted molar refractivity (Wildman–Crippen MR) is 72.3 cm³/mol. The zero-order valence-electron chi connectivity index (χ0n) is 10.4. The molecule has 0 atom stereocenters. The van der Waals surface area contributed by atoms with Crippen LogP contribution in [0, 0.1) is 0 Å². The van der Waals surface area contributed by atoms with Gasteiger partial charge in [0, 0.05) is 12.6 Å². The molecule has 18 heavy (non-hydrogen) atoms. The van der Waals surface area contributed by atoms with Gasteiger partial charge in [0.25, 0.3) is 0 Å². The molecule has 1 aliphatic rings. The van der Waals surface area contributed by atoms with Crippen molar-refractivity contribution in [2.24, 2.45) is 5.73 Å². The van der Waals surface area contributed by atoms with Crippen molar-refractivity contribution in [1.82, 2.24) is 4.72 Å². The van der Waals surface area contributed by atoms with E-state index in [1.807, 2.05) is 24.3 Å². The first-order valence-electron chi connectivity index (χ1n) is 6.37. The predicted octanol–water partition coefficient (Wildman–Crippen LogP) is 1.51. The highest BCUT2D eigenvalue weighted by molar-refractivity contribution is 7.88. The van der Waals surface area contributed by atoms with Crippen LogP contribution in [0.4, 0.5) is 0 Å². The van der Waals surface area contributed by atoms with Gasteiger partial charge in [-0.3, -0.25) is 0 Å². The Hall–Kier alpha value is -0.910. The van der Waals surface area contributed by atoms with Crippen LogP contribution in [0.3, 0.4) is 0 Å². The van der Waals surface area contributed by atoms with Gasteiger partial charge in [0.05, 0.1) is 5.75 Å². The average molecular weight is 268 g/mol. The third-order valence-electron chi connectivity index (χ3n) is 3.29. The molecule has 0 unspecified atom stereocenters. The lowest BCUT2D eigenvalue weighted by Gasteiger charge is -2.12. The second-order valence-electron chi connectivity index (χ2n) is 4.88.